The van der Waals surface area contributed by atoms with Gasteiger partial charge < -0.3 is 14.8 Å². The number of benzene rings is 3. The number of unbranched alkanes of at least 4 members (excludes halogenated alkanes) is 2. The second-order valence-corrected chi connectivity index (χ2v) is 9.41. The van der Waals surface area contributed by atoms with Crippen molar-refractivity contribution < 1.29 is 27.4 Å². The maximum absolute atomic E-state index is 13.1. The first-order valence-electron chi connectivity index (χ1n) is 13.6. The van der Waals surface area contributed by atoms with Crippen LogP contribution in [0.1, 0.15) is 54.6 Å². The summed E-state index contributed by atoms with van der Waals surface area (Å²) in [5.41, 5.74) is 2.60. The van der Waals surface area contributed by atoms with Crippen LogP contribution in [0.2, 0.25) is 0 Å². The highest BCUT2D eigenvalue weighted by molar-refractivity contribution is 6.04. The lowest BCUT2D eigenvalue weighted by atomic mass is 10.1. The lowest BCUT2D eigenvalue weighted by Crippen LogP contribution is -2.12. The van der Waals surface area contributed by atoms with E-state index in [1.165, 1.54) is 28.8 Å². The summed E-state index contributed by atoms with van der Waals surface area (Å²) in [5.74, 6) is 0.0787. The van der Waals surface area contributed by atoms with E-state index in [2.05, 4.69) is 22.3 Å². The van der Waals surface area contributed by atoms with Crippen LogP contribution in [-0.4, -0.2) is 40.5 Å². The molecule has 0 aliphatic heterocycles. The summed E-state index contributed by atoms with van der Waals surface area (Å²) in [6.07, 6.45) is 0.0163. The van der Waals surface area contributed by atoms with Crippen molar-refractivity contribution in [3.63, 3.8) is 0 Å². The first-order valence-corrected chi connectivity index (χ1v) is 13.6. The van der Waals surface area contributed by atoms with Crippen molar-refractivity contribution in [3.8, 4) is 23.1 Å². The van der Waals surface area contributed by atoms with Gasteiger partial charge in [0.05, 0.1) is 17.9 Å². The number of hydrogen-bond donors (Lipinski definition) is 1. The van der Waals surface area contributed by atoms with E-state index in [9.17, 15) is 18.0 Å². The molecule has 0 bridgehead atoms. The van der Waals surface area contributed by atoms with Crippen LogP contribution < -0.4 is 10.1 Å². The SMILES string of the molecule is CCCCCc1ccc(C(=O)Nc2ccc(-n3nc(OCCOCC)nc3-c3ccc(C(F)(F)F)cc3)cc2)cc1. The second kappa shape index (κ2) is 13.9. The Morgan fingerprint density at radius 3 is 2.24 bits per heavy atom. The number of hydrogen-bond acceptors (Lipinski definition) is 5. The van der Waals surface area contributed by atoms with Gasteiger partial charge in [0.2, 0.25) is 0 Å². The molecule has 1 amide bonds. The molecule has 0 radical (unpaired) electrons. The number of aryl methyl sites for hydroxylation is 1. The number of halogens is 3. The third-order valence-corrected chi connectivity index (χ3v) is 6.38. The van der Waals surface area contributed by atoms with Gasteiger partial charge in [-0.1, -0.05) is 44.0 Å². The minimum absolute atomic E-state index is 0.0649. The van der Waals surface area contributed by atoms with Crippen molar-refractivity contribution in [3.05, 3.63) is 89.5 Å². The number of nitrogens with one attached hydrogen (secondary N) is 1. The molecule has 0 atom stereocenters. The molecule has 4 rings (SSSR count). The molecule has 0 saturated carbocycles. The highest BCUT2D eigenvalue weighted by atomic mass is 19.4. The van der Waals surface area contributed by atoms with Crippen LogP contribution in [0.15, 0.2) is 72.8 Å². The van der Waals surface area contributed by atoms with Crippen molar-refractivity contribution >= 4 is 11.6 Å². The van der Waals surface area contributed by atoms with E-state index in [1.54, 1.807) is 24.3 Å². The quantitative estimate of drug-likeness (QED) is 0.171. The third-order valence-electron chi connectivity index (χ3n) is 6.38. The number of ether oxygens (including phenoxy) is 2. The Labute approximate surface area is 237 Å². The van der Waals surface area contributed by atoms with Gasteiger partial charge in [-0.3, -0.25) is 4.79 Å². The van der Waals surface area contributed by atoms with Gasteiger partial charge in [0.1, 0.15) is 6.61 Å². The molecule has 1 N–H and O–H groups in total. The summed E-state index contributed by atoms with van der Waals surface area (Å²) < 4.78 is 51.6. The molecule has 10 heteroatoms. The molecule has 0 fully saturated rings. The topological polar surface area (TPSA) is 78.3 Å². The molecule has 216 valence electrons. The molecule has 1 heterocycles. The minimum Gasteiger partial charge on any atom is -0.460 e. The van der Waals surface area contributed by atoms with Crippen LogP contribution in [0, 0.1) is 0 Å². The molecule has 0 saturated heterocycles. The largest absolute Gasteiger partial charge is 0.460 e. The maximum Gasteiger partial charge on any atom is 0.416 e. The van der Waals surface area contributed by atoms with Gasteiger partial charge in [-0.05, 0) is 73.9 Å². The molecule has 3 aromatic carbocycles. The summed E-state index contributed by atoms with van der Waals surface area (Å²) in [4.78, 5) is 17.2. The Balaban J connectivity index is 1.51. The Hall–Kier alpha value is -4.18. The van der Waals surface area contributed by atoms with Gasteiger partial charge in [0.15, 0.2) is 5.82 Å². The summed E-state index contributed by atoms with van der Waals surface area (Å²) in [5, 5.41) is 7.31. The van der Waals surface area contributed by atoms with E-state index in [1.807, 2.05) is 31.2 Å². The van der Waals surface area contributed by atoms with Crippen LogP contribution in [0.4, 0.5) is 18.9 Å². The zero-order valence-electron chi connectivity index (χ0n) is 23.1. The molecule has 0 aliphatic rings. The molecule has 0 unspecified atom stereocenters. The normalized spacial score (nSPS) is 11.4. The molecular formula is C31H33F3N4O3. The first-order chi connectivity index (χ1) is 19.8. The van der Waals surface area contributed by atoms with Gasteiger partial charge in [0.25, 0.3) is 5.91 Å². The van der Waals surface area contributed by atoms with Crippen LogP contribution in [0.25, 0.3) is 17.1 Å². The average Bonchev–Trinajstić information content (AvgIpc) is 3.40. The summed E-state index contributed by atoms with van der Waals surface area (Å²) >= 11 is 0. The van der Waals surface area contributed by atoms with Gasteiger partial charge >= 0.3 is 12.2 Å². The second-order valence-electron chi connectivity index (χ2n) is 9.41. The van der Waals surface area contributed by atoms with Gasteiger partial charge in [-0.2, -0.15) is 18.2 Å². The van der Waals surface area contributed by atoms with Crippen LogP contribution in [0.3, 0.4) is 0 Å². The number of carbonyl (C=O) groups is 1. The van der Waals surface area contributed by atoms with Gasteiger partial charge in [-0.15, -0.1) is 5.10 Å². The minimum atomic E-state index is -4.45. The predicted octanol–water partition coefficient (Wildman–Crippen LogP) is 7.35. The van der Waals surface area contributed by atoms with Crippen LogP contribution in [0.5, 0.6) is 6.01 Å². The fraction of sp³-hybridized carbons (Fsp3) is 0.323. The predicted molar refractivity (Wildman–Crippen MR) is 151 cm³/mol. The zero-order chi connectivity index (χ0) is 29.2. The number of carbonyl (C=O) groups excluding carboxylic acids is 1. The Bertz CT molecular complexity index is 1400. The summed E-state index contributed by atoms with van der Waals surface area (Å²) in [6, 6.07) is 19.3. The van der Waals surface area contributed by atoms with Crippen molar-refractivity contribution in [2.45, 2.75) is 45.7 Å². The summed E-state index contributed by atoms with van der Waals surface area (Å²) in [7, 11) is 0. The maximum atomic E-state index is 13.1. The van der Waals surface area contributed by atoms with Crippen molar-refractivity contribution in [1.82, 2.24) is 14.8 Å². The highest BCUT2D eigenvalue weighted by Crippen LogP contribution is 2.31. The van der Waals surface area contributed by atoms with E-state index < -0.39 is 11.7 Å². The molecule has 41 heavy (non-hydrogen) atoms. The van der Waals surface area contributed by atoms with Crippen molar-refractivity contribution in [2.75, 3.05) is 25.1 Å². The van der Waals surface area contributed by atoms with E-state index in [0.29, 0.717) is 41.5 Å². The standard InChI is InChI=1S/C31H33F3N4O3/c1-3-5-6-7-22-8-10-24(11-9-22)29(39)35-26-16-18-27(19-17-26)38-28(36-30(37-38)41-21-20-40-4-2)23-12-14-25(15-13-23)31(32,33)34/h8-19H,3-7,20-21H2,1-2H3,(H,35,39). The Morgan fingerprint density at radius 1 is 0.902 bits per heavy atom. The number of amides is 1. The van der Waals surface area contributed by atoms with Gasteiger partial charge in [-0.25, -0.2) is 4.68 Å². The molecule has 0 aliphatic carbocycles. The molecule has 0 spiro atoms. The fourth-order valence-electron chi connectivity index (χ4n) is 4.16. The highest BCUT2D eigenvalue weighted by Gasteiger charge is 2.30. The van der Waals surface area contributed by atoms with Crippen molar-refractivity contribution in [1.29, 1.82) is 0 Å². The number of alkyl halides is 3. The van der Waals surface area contributed by atoms with E-state index in [-0.39, 0.29) is 18.5 Å². The van der Waals surface area contributed by atoms with E-state index in [4.69, 9.17) is 9.47 Å². The van der Waals surface area contributed by atoms with Crippen molar-refractivity contribution in [2.24, 2.45) is 0 Å². The fourth-order valence-corrected chi connectivity index (χ4v) is 4.16. The summed E-state index contributed by atoms with van der Waals surface area (Å²) in [6.45, 7) is 5.13. The van der Waals surface area contributed by atoms with E-state index >= 15 is 0 Å². The Morgan fingerprint density at radius 2 is 1.61 bits per heavy atom. The first kappa shape index (κ1) is 29.8. The molecule has 7 nitrogen and oxygen atoms in total. The number of rotatable bonds is 13. The smallest absolute Gasteiger partial charge is 0.416 e. The van der Waals surface area contributed by atoms with E-state index in [0.717, 1.165) is 31.4 Å². The van der Waals surface area contributed by atoms with Crippen LogP contribution >= 0.6 is 0 Å². The van der Waals surface area contributed by atoms with Gasteiger partial charge in [0, 0.05) is 23.4 Å². The zero-order valence-corrected chi connectivity index (χ0v) is 23.1. The monoisotopic (exact) mass is 566 g/mol. The molecular weight excluding hydrogens is 533 g/mol. The number of aromatic nitrogens is 3. The van der Waals surface area contributed by atoms with Crippen LogP contribution in [-0.2, 0) is 17.3 Å². The lowest BCUT2D eigenvalue weighted by molar-refractivity contribution is -0.137. The Kier molecular flexibility index (Phi) is 10.1. The lowest BCUT2D eigenvalue weighted by Gasteiger charge is -2.10. The average molecular weight is 567 g/mol. The number of nitrogens with zero attached hydrogens (tertiary/aromatic N) is 3. The molecule has 4 aromatic rings. The molecule has 1 aromatic heterocycles. The number of anilines is 1. The third kappa shape index (κ3) is 8.17.